The van der Waals surface area contributed by atoms with Crippen LogP contribution in [0.15, 0.2) is 29.2 Å². The average Bonchev–Trinajstić information content (AvgIpc) is 2.76. The predicted octanol–water partition coefficient (Wildman–Crippen LogP) is 3.94. The number of nitrogens with zero attached hydrogens (tertiary/aromatic N) is 3. The van der Waals surface area contributed by atoms with Crippen molar-refractivity contribution in [1.82, 2.24) is 19.3 Å². The van der Waals surface area contributed by atoms with Gasteiger partial charge in [0.05, 0.1) is 10.9 Å². The largest absolute Gasteiger partial charge is 0.352 e. The Morgan fingerprint density at radius 3 is 2.58 bits per heavy atom. The molecule has 31 heavy (non-hydrogen) atoms. The topological polar surface area (TPSA) is 92.2 Å². The van der Waals surface area contributed by atoms with Crippen molar-refractivity contribution < 1.29 is 4.79 Å². The molecule has 0 radical (unpaired) electrons. The number of nitrogens with one attached hydrogen (secondary N) is 2. The molecule has 7 heteroatoms. The minimum absolute atomic E-state index is 0.0969. The monoisotopic (exact) mass is 423 g/mol. The van der Waals surface area contributed by atoms with Gasteiger partial charge in [-0.25, -0.2) is 4.98 Å². The Hall–Kier alpha value is -2.96. The second kappa shape index (κ2) is 10.4. The van der Waals surface area contributed by atoms with Gasteiger partial charge in [-0.1, -0.05) is 52.0 Å². The van der Waals surface area contributed by atoms with Crippen molar-refractivity contribution in [2.24, 2.45) is 0 Å². The number of aromatic nitrogens is 3. The normalized spacial score (nSPS) is 11.3. The Kier molecular flexibility index (Phi) is 7.60. The van der Waals surface area contributed by atoms with Crippen LogP contribution in [0.2, 0.25) is 0 Å². The molecule has 0 saturated carbocycles. The third-order valence-electron chi connectivity index (χ3n) is 5.64. The zero-order valence-corrected chi connectivity index (χ0v) is 18.8. The number of carbonyl (C=O) groups excluding carboxylic acids is 1. The molecular formula is C24H33N5O2. The van der Waals surface area contributed by atoms with Crippen LogP contribution >= 0.6 is 0 Å². The van der Waals surface area contributed by atoms with Crippen LogP contribution in [-0.4, -0.2) is 26.4 Å². The van der Waals surface area contributed by atoms with Crippen molar-refractivity contribution in [3.05, 3.63) is 51.4 Å². The molecular weight excluding hydrogens is 390 g/mol. The highest BCUT2D eigenvalue weighted by atomic mass is 16.1. The van der Waals surface area contributed by atoms with Crippen molar-refractivity contribution in [2.75, 3.05) is 6.54 Å². The summed E-state index contributed by atoms with van der Waals surface area (Å²) in [5.74, 6) is -0.306. The lowest BCUT2D eigenvalue weighted by Gasteiger charge is -2.14. The molecule has 0 aliphatic carbocycles. The summed E-state index contributed by atoms with van der Waals surface area (Å²) in [7, 11) is 0. The van der Waals surface area contributed by atoms with Crippen LogP contribution < -0.4 is 16.4 Å². The molecule has 2 N–H and O–H groups in total. The second-order valence-electron chi connectivity index (χ2n) is 8.12. The number of fused-ring (bicyclic) bond motifs is 2. The fourth-order valence-electron chi connectivity index (χ4n) is 3.91. The number of unbranched alkanes of at least 4 members (excludes halogenated alkanes) is 5. The molecule has 3 rings (SSSR count). The van der Waals surface area contributed by atoms with E-state index in [4.69, 9.17) is 10.4 Å². The molecule has 0 unspecified atom stereocenters. The highest BCUT2D eigenvalue weighted by molar-refractivity contribution is 5.96. The van der Waals surface area contributed by atoms with Gasteiger partial charge < -0.3 is 9.88 Å². The molecule has 0 saturated heterocycles. The number of hydrogen-bond donors (Lipinski definition) is 2. The summed E-state index contributed by atoms with van der Waals surface area (Å²) in [6, 6.07) is 5.25. The molecule has 0 fully saturated rings. The molecule has 166 valence electrons. The van der Waals surface area contributed by atoms with Crippen LogP contribution in [-0.2, 0) is 6.54 Å². The van der Waals surface area contributed by atoms with Crippen LogP contribution in [0.4, 0.5) is 0 Å². The molecule has 0 aromatic carbocycles. The Morgan fingerprint density at radius 1 is 1.10 bits per heavy atom. The summed E-state index contributed by atoms with van der Waals surface area (Å²) in [5.41, 5.74) is 2.01. The lowest BCUT2D eigenvalue weighted by atomic mass is 10.1. The fourth-order valence-corrected chi connectivity index (χ4v) is 3.91. The van der Waals surface area contributed by atoms with Crippen LogP contribution in [0, 0.1) is 12.3 Å². The molecule has 3 heterocycles. The zero-order valence-electron chi connectivity index (χ0n) is 18.8. The number of amides is 1. The van der Waals surface area contributed by atoms with Gasteiger partial charge in [-0.2, -0.15) is 0 Å². The van der Waals surface area contributed by atoms with Crippen LogP contribution in [0.25, 0.3) is 16.7 Å². The Morgan fingerprint density at radius 2 is 1.84 bits per heavy atom. The van der Waals surface area contributed by atoms with E-state index in [0.717, 1.165) is 24.8 Å². The molecule has 0 aliphatic heterocycles. The van der Waals surface area contributed by atoms with E-state index in [9.17, 15) is 9.59 Å². The lowest BCUT2D eigenvalue weighted by molar-refractivity contribution is 0.0950. The third kappa shape index (κ3) is 4.86. The van der Waals surface area contributed by atoms with Gasteiger partial charge in [0, 0.05) is 19.3 Å². The number of pyridine rings is 2. The van der Waals surface area contributed by atoms with Gasteiger partial charge in [0.15, 0.2) is 0 Å². The summed E-state index contributed by atoms with van der Waals surface area (Å²) < 4.78 is 3.19. The fraction of sp³-hybridized carbons (Fsp3) is 0.500. The summed E-state index contributed by atoms with van der Waals surface area (Å²) >= 11 is 0. The first-order valence-corrected chi connectivity index (χ1v) is 11.4. The number of hydrogen-bond acceptors (Lipinski definition) is 4. The minimum atomic E-state index is -0.306. The number of aryl methyl sites for hydroxylation is 2. The summed E-state index contributed by atoms with van der Waals surface area (Å²) in [6.07, 6.45) is 9.32. The molecule has 0 aliphatic rings. The standard InChI is InChI=1S/C24H33N5O2/c1-4-6-7-8-9-10-13-26-23(30)18-16-19-22(28(14-5-2)20(18)25)27-21-17(3)12-11-15-29(21)24(19)31/h11-12,15-16,25H,4-10,13-14H2,1-3H3,(H,26,30). The first-order valence-electron chi connectivity index (χ1n) is 11.4. The van der Waals surface area contributed by atoms with E-state index in [1.165, 1.54) is 36.2 Å². The number of rotatable bonds is 10. The maximum Gasteiger partial charge on any atom is 0.267 e. The van der Waals surface area contributed by atoms with Crippen LogP contribution in [0.1, 0.15) is 74.7 Å². The minimum Gasteiger partial charge on any atom is -0.352 e. The van der Waals surface area contributed by atoms with Gasteiger partial charge in [0.25, 0.3) is 11.5 Å². The van der Waals surface area contributed by atoms with Crippen molar-refractivity contribution >= 4 is 22.6 Å². The summed E-state index contributed by atoms with van der Waals surface area (Å²) in [6.45, 7) is 7.19. The van der Waals surface area contributed by atoms with E-state index in [2.05, 4.69) is 12.2 Å². The molecule has 0 bridgehead atoms. The molecule has 7 nitrogen and oxygen atoms in total. The molecule has 0 spiro atoms. The lowest BCUT2D eigenvalue weighted by Crippen LogP contribution is -2.35. The van der Waals surface area contributed by atoms with Crippen molar-refractivity contribution in [1.29, 1.82) is 5.41 Å². The van der Waals surface area contributed by atoms with E-state index < -0.39 is 0 Å². The summed E-state index contributed by atoms with van der Waals surface area (Å²) in [4.78, 5) is 30.7. The van der Waals surface area contributed by atoms with Gasteiger partial charge in [-0.15, -0.1) is 0 Å². The van der Waals surface area contributed by atoms with Gasteiger partial charge in [-0.3, -0.25) is 19.4 Å². The van der Waals surface area contributed by atoms with Crippen molar-refractivity contribution in [3.8, 4) is 0 Å². The number of carbonyl (C=O) groups is 1. The second-order valence-corrected chi connectivity index (χ2v) is 8.12. The van der Waals surface area contributed by atoms with E-state index >= 15 is 0 Å². The van der Waals surface area contributed by atoms with Crippen LogP contribution in [0.5, 0.6) is 0 Å². The zero-order chi connectivity index (χ0) is 22.4. The highest BCUT2D eigenvalue weighted by Gasteiger charge is 2.17. The molecule has 3 aromatic rings. The van der Waals surface area contributed by atoms with Crippen molar-refractivity contribution in [2.45, 2.75) is 72.3 Å². The van der Waals surface area contributed by atoms with E-state index in [-0.39, 0.29) is 22.5 Å². The Balaban J connectivity index is 1.95. The molecule has 0 atom stereocenters. The van der Waals surface area contributed by atoms with Crippen molar-refractivity contribution in [3.63, 3.8) is 0 Å². The molecule has 3 aromatic heterocycles. The van der Waals surface area contributed by atoms with E-state index in [1.54, 1.807) is 10.8 Å². The predicted molar refractivity (Wildman–Crippen MR) is 124 cm³/mol. The summed E-state index contributed by atoms with van der Waals surface area (Å²) in [5, 5.41) is 11.9. The molecule has 1 amide bonds. The van der Waals surface area contributed by atoms with Crippen LogP contribution in [0.3, 0.4) is 0 Å². The van der Waals surface area contributed by atoms with Gasteiger partial charge in [0.1, 0.15) is 16.8 Å². The first kappa shape index (κ1) is 22.7. The smallest absolute Gasteiger partial charge is 0.267 e. The third-order valence-corrected chi connectivity index (χ3v) is 5.64. The van der Waals surface area contributed by atoms with E-state index in [0.29, 0.717) is 29.8 Å². The first-order chi connectivity index (χ1) is 15.0. The van der Waals surface area contributed by atoms with Gasteiger partial charge in [0.2, 0.25) is 0 Å². The maximum absolute atomic E-state index is 13.2. The van der Waals surface area contributed by atoms with Gasteiger partial charge >= 0.3 is 0 Å². The van der Waals surface area contributed by atoms with E-state index in [1.807, 2.05) is 26.0 Å². The quantitative estimate of drug-likeness (QED) is 0.382. The maximum atomic E-state index is 13.2. The SMILES string of the molecule is CCCCCCCCNC(=O)c1cc2c(=O)n3cccc(C)c3nc2n(CCC)c1=N. The average molecular weight is 424 g/mol. The van der Waals surface area contributed by atoms with Gasteiger partial charge in [-0.05, 0) is 37.5 Å². The highest BCUT2D eigenvalue weighted by Crippen LogP contribution is 2.13. The Labute approximate surface area is 182 Å². The Bertz CT molecular complexity index is 1190.